The van der Waals surface area contributed by atoms with Gasteiger partial charge in [0.25, 0.3) is 0 Å². The lowest BCUT2D eigenvalue weighted by molar-refractivity contribution is -0.135. The average Bonchev–Trinajstić information content (AvgIpc) is 2.36. The second-order valence-corrected chi connectivity index (χ2v) is 4.08. The molecular weight excluding hydrogens is 259 g/mol. The zero-order valence-corrected chi connectivity index (χ0v) is 11.0. The van der Waals surface area contributed by atoms with E-state index in [2.05, 4.69) is 5.32 Å². The molecule has 1 rings (SSSR count). The van der Waals surface area contributed by atoms with Gasteiger partial charge in [-0.1, -0.05) is 6.07 Å². The van der Waals surface area contributed by atoms with Gasteiger partial charge < -0.3 is 14.8 Å². The topological polar surface area (TPSA) is 30.5 Å². The highest BCUT2D eigenvalue weighted by molar-refractivity contribution is 5.42. The molecule has 0 aromatic heterocycles. The molecule has 0 aliphatic rings. The van der Waals surface area contributed by atoms with Crippen molar-refractivity contribution in [1.82, 2.24) is 5.32 Å². The van der Waals surface area contributed by atoms with Crippen molar-refractivity contribution in [1.29, 1.82) is 0 Å². The monoisotopic (exact) mass is 277 g/mol. The van der Waals surface area contributed by atoms with Crippen LogP contribution in [0.5, 0.6) is 11.5 Å². The molecule has 19 heavy (non-hydrogen) atoms. The minimum Gasteiger partial charge on any atom is -0.493 e. The van der Waals surface area contributed by atoms with Crippen molar-refractivity contribution in [3.05, 3.63) is 23.8 Å². The maximum absolute atomic E-state index is 11.9. The number of methoxy groups -OCH3 is 2. The molecule has 0 fully saturated rings. The van der Waals surface area contributed by atoms with Crippen molar-refractivity contribution in [2.45, 2.75) is 25.6 Å². The first-order valence-electron chi connectivity index (χ1n) is 5.94. The molecule has 1 aromatic carbocycles. The van der Waals surface area contributed by atoms with Crippen LogP contribution in [0.1, 0.15) is 18.4 Å². The summed E-state index contributed by atoms with van der Waals surface area (Å²) in [6, 6.07) is 5.42. The first-order valence-corrected chi connectivity index (χ1v) is 5.94. The van der Waals surface area contributed by atoms with Crippen molar-refractivity contribution in [3.8, 4) is 11.5 Å². The van der Waals surface area contributed by atoms with E-state index >= 15 is 0 Å². The molecule has 6 heteroatoms. The predicted octanol–water partition coefficient (Wildman–Crippen LogP) is 3.14. The van der Waals surface area contributed by atoms with Gasteiger partial charge in [-0.15, -0.1) is 0 Å². The van der Waals surface area contributed by atoms with Crippen LogP contribution >= 0.6 is 0 Å². The van der Waals surface area contributed by atoms with Gasteiger partial charge >= 0.3 is 6.18 Å². The molecule has 0 heterocycles. The maximum Gasteiger partial charge on any atom is 0.389 e. The Bertz CT molecular complexity index is 394. The van der Waals surface area contributed by atoms with E-state index in [1.54, 1.807) is 26.4 Å². The Kier molecular flexibility index (Phi) is 5.95. The number of rotatable bonds is 7. The van der Waals surface area contributed by atoms with E-state index in [0.717, 1.165) is 5.56 Å². The quantitative estimate of drug-likeness (QED) is 0.777. The van der Waals surface area contributed by atoms with Gasteiger partial charge in [-0.3, -0.25) is 0 Å². The largest absolute Gasteiger partial charge is 0.493 e. The molecule has 108 valence electrons. The lowest BCUT2D eigenvalue weighted by Gasteiger charge is -2.10. The molecule has 0 spiro atoms. The van der Waals surface area contributed by atoms with Crippen LogP contribution in [0.4, 0.5) is 13.2 Å². The summed E-state index contributed by atoms with van der Waals surface area (Å²) in [4.78, 5) is 0. The summed E-state index contributed by atoms with van der Waals surface area (Å²) in [5, 5.41) is 2.97. The molecule has 0 radical (unpaired) electrons. The van der Waals surface area contributed by atoms with Crippen LogP contribution in [0.15, 0.2) is 18.2 Å². The van der Waals surface area contributed by atoms with Gasteiger partial charge in [0.2, 0.25) is 0 Å². The smallest absolute Gasteiger partial charge is 0.389 e. The Hall–Kier alpha value is -1.43. The molecule has 1 N–H and O–H groups in total. The Morgan fingerprint density at radius 3 is 2.37 bits per heavy atom. The van der Waals surface area contributed by atoms with Gasteiger partial charge in [-0.2, -0.15) is 13.2 Å². The second kappa shape index (κ2) is 7.23. The third-order valence-electron chi connectivity index (χ3n) is 2.59. The number of hydrogen-bond donors (Lipinski definition) is 1. The molecule has 3 nitrogen and oxygen atoms in total. The maximum atomic E-state index is 11.9. The number of halogens is 3. The third kappa shape index (κ3) is 5.83. The Morgan fingerprint density at radius 2 is 1.79 bits per heavy atom. The normalized spacial score (nSPS) is 11.4. The Morgan fingerprint density at radius 1 is 1.11 bits per heavy atom. The summed E-state index contributed by atoms with van der Waals surface area (Å²) in [6.45, 7) is 0.825. The summed E-state index contributed by atoms with van der Waals surface area (Å²) < 4.78 is 46.0. The van der Waals surface area contributed by atoms with Gasteiger partial charge in [0.05, 0.1) is 14.2 Å². The van der Waals surface area contributed by atoms with E-state index in [-0.39, 0.29) is 6.42 Å². The average molecular weight is 277 g/mol. The molecule has 0 amide bonds. The van der Waals surface area contributed by atoms with Crippen LogP contribution in [0.25, 0.3) is 0 Å². The summed E-state index contributed by atoms with van der Waals surface area (Å²) >= 11 is 0. The van der Waals surface area contributed by atoms with Crippen LogP contribution < -0.4 is 14.8 Å². The number of alkyl halides is 3. The summed E-state index contributed by atoms with van der Waals surface area (Å²) in [7, 11) is 3.09. The van der Waals surface area contributed by atoms with E-state index < -0.39 is 12.6 Å². The molecule has 1 aromatic rings. The number of benzene rings is 1. The van der Waals surface area contributed by atoms with Gasteiger partial charge in [0.1, 0.15) is 0 Å². The lowest BCUT2D eigenvalue weighted by atomic mass is 10.2. The van der Waals surface area contributed by atoms with Crippen LogP contribution in [-0.4, -0.2) is 26.9 Å². The predicted molar refractivity (Wildman–Crippen MR) is 66.5 cm³/mol. The molecule has 0 aliphatic heterocycles. The lowest BCUT2D eigenvalue weighted by Crippen LogP contribution is -2.17. The minimum atomic E-state index is -4.08. The third-order valence-corrected chi connectivity index (χ3v) is 2.59. The minimum absolute atomic E-state index is 0.0801. The summed E-state index contributed by atoms with van der Waals surface area (Å²) in [6.07, 6.45) is -4.76. The standard InChI is InChI=1S/C13H18F3NO2/c1-18-11-5-4-10(8-12(11)19-2)9-17-7-3-6-13(14,15)16/h4-5,8,17H,3,6-7,9H2,1-2H3. The first kappa shape index (κ1) is 15.6. The molecule has 0 unspecified atom stereocenters. The SMILES string of the molecule is COc1ccc(CNCCCC(F)(F)F)cc1OC. The molecule has 0 saturated carbocycles. The molecule has 0 aliphatic carbocycles. The first-order chi connectivity index (χ1) is 8.96. The molecular formula is C13H18F3NO2. The van der Waals surface area contributed by atoms with E-state index in [1.807, 2.05) is 6.07 Å². The zero-order valence-electron chi connectivity index (χ0n) is 11.0. The van der Waals surface area contributed by atoms with Crippen molar-refractivity contribution in [2.75, 3.05) is 20.8 Å². The highest BCUT2D eigenvalue weighted by atomic mass is 19.4. The van der Waals surface area contributed by atoms with Gasteiger partial charge in [-0.25, -0.2) is 0 Å². The van der Waals surface area contributed by atoms with E-state index in [0.29, 0.717) is 24.6 Å². The zero-order chi connectivity index (χ0) is 14.3. The van der Waals surface area contributed by atoms with E-state index in [1.165, 1.54) is 0 Å². The van der Waals surface area contributed by atoms with Gasteiger partial charge in [0, 0.05) is 13.0 Å². The number of nitrogens with one attached hydrogen (secondary N) is 1. The van der Waals surface area contributed by atoms with Crippen LogP contribution in [0, 0.1) is 0 Å². The fourth-order valence-electron chi connectivity index (χ4n) is 1.64. The summed E-state index contributed by atoms with van der Waals surface area (Å²) in [5.74, 6) is 1.24. The molecule has 0 bridgehead atoms. The molecule has 0 saturated heterocycles. The van der Waals surface area contributed by atoms with Crippen molar-refractivity contribution in [3.63, 3.8) is 0 Å². The number of ether oxygens (including phenoxy) is 2. The van der Waals surface area contributed by atoms with Crippen LogP contribution in [0.2, 0.25) is 0 Å². The van der Waals surface area contributed by atoms with Crippen molar-refractivity contribution < 1.29 is 22.6 Å². The molecule has 0 atom stereocenters. The van der Waals surface area contributed by atoms with Crippen LogP contribution in [0.3, 0.4) is 0 Å². The Balaban J connectivity index is 2.37. The fourth-order valence-corrected chi connectivity index (χ4v) is 1.64. The van der Waals surface area contributed by atoms with Crippen molar-refractivity contribution >= 4 is 0 Å². The highest BCUT2D eigenvalue weighted by Crippen LogP contribution is 2.27. The highest BCUT2D eigenvalue weighted by Gasteiger charge is 2.25. The van der Waals surface area contributed by atoms with Gasteiger partial charge in [0.15, 0.2) is 11.5 Å². The summed E-state index contributed by atoms with van der Waals surface area (Å²) in [5.41, 5.74) is 0.935. The van der Waals surface area contributed by atoms with Crippen molar-refractivity contribution in [2.24, 2.45) is 0 Å². The Labute approximate surface area is 110 Å². The van der Waals surface area contributed by atoms with E-state index in [9.17, 15) is 13.2 Å². The van der Waals surface area contributed by atoms with Gasteiger partial charge in [-0.05, 0) is 30.7 Å². The van der Waals surface area contributed by atoms with Crippen LogP contribution in [-0.2, 0) is 6.54 Å². The second-order valence-electron chi connectivity index (χ2n) is 4.08. The van der Waals surface area contributed by atoms with E-state index in [4.69, 9.17) is 9.47 Å². The fraction of sp³-hybridized carbons (Fsp3) is 0.538. The number of hydrogen-bond acceptors (Lipinski definition) is 3.